The highest BCUT2D eigenvalue weighted by Crippen LogP contribution is 2.19. The van der Waals surface area contributed by atoms with Crippen LogP contribution >= 0.6 is 0 Å². The quantitative estimate of drug-likeness (QED) is 0.888. The van der Waals surface area contributed by atoms with Gasteiger partial charge in [0.05, 0.1) is 12.7 Å². The Balaban J connectivity index is 1.53. The molecule has 3 rings (SSSR count). The normalized spacial score (nSPS) is 28.5. The number of hydrogen-bond acceptors (Lipinski definition) is 4. The monoisotopic (exact) mass is 331 g/mol. The van der Waals surface area contributed by atoms with Crippen LogP contribution in [0.2, 0.25) is 0 Å². The molecule has 2 saturated heterocycles. The van der Waals surface area contributed by atoms with Crippen molar-refractivity contribution in [2.45, 2.75) is 45.4 Å². The number of carbonyl (C=O) groups excluding carboxylic acids is 1. The molecule has 132 valence electrons. The van der Waals surface area contributed by atoms with Gasteiger partial charge in [-0.15, -0.1) is 0 Å². The van der Waals surface area contributed by atoms with E-state index in [2.05, 4.69) is 34.6 Å². The molecule has 2 aliphatic rings. The molecule has 2 aliphatic heterocycles. The molecular formula is C19H29N3O2. The van der Waals surface area contributed by atoms with Crippen LogP contribution in [-0.2, 0) is 16.1 Å². The molecule has 2 heterocycles. The summed E-state index contributed by atoms with van der Waals surface area (Å²) in [6.45, 7) is 9.00. The molecule has 0 spiro atoms. The van der Waals surface area contributed by atoms with Crippen molar-refractivity contribution >= 4 is 11.6 Å². The van der Waals surface area contributed by atoms with Gasteiger partial charge >= 0.3 is 0 Å². The molecule has 0 aliphatic carbocycles. The molecule has 2 fully saturated rings. The van der Waals surface area contributed by atoms with Gasteiger partial charge in [-0.25, -0.2) is 0 Å². The molecule has 2 N–H and O–H groups in total. The fourth-order valence-corrected chi connectivity index (χ4v) is 3.63. The van der Waals surface area contributed by atoms with Crippen LogP contribution in [0, 0.1) is 5.92 Å². The SMILES string of the molecule is CC1CCCN(Cc2ccc(NC(=O)[C@H]3NCCO[C@@H]3C)cc2)C1. The number of amides is 1. The number of carbonyl (C=O) groups is 1. The van der Waals surface area contributed by atoms with E-state index in [-0.39, 0.29) is 18.1 Å². The highest BCUT2D eigenvalue weighted by atomic mass is 16.5. The van der Waals surface area contributed by atoms with Crippen molar-refractivity contribution in [1.29, 1.82) is 0 Å². The van der Waals surface area contributed by atoms with Gasteiger partial charge in [0.2, 0.25) is 5.91 Å². The van der Waals surface area contributed by atoms with Crippen molar-refractivity contribution in [3.63, 3.8) is 0 Å². The van der Waals surface area contributed by atoms with Crippen molar-refractivity contribution < 1.29 is 9.53 Å². The number of piperidine rings is 1. The Kier molecular flexibility index (Phi) is 5.87. The lowest BCUT2D eigenvalue weighted by atomic mass is 10.00. The van der Waals surface area contributed by atoms with Crippen molar-refractivity contribution in [2.75, 3.05) is 31.6 Å². The minimum Gasteiger partial charge on any atom is -0.375 e. The second-order valence-corrected chi connectivity index (χ2v) is 7.18. The third-order valence-corrected chi connectivity index (χ3v) is 4.97. The summed E-state index contributed by atoms with van der Waals surface area (Å²) >= 11 is 0. The summed E-state index contributed by atoms with van der Waals surface area (Å²) in [5.41, 5.74) is 2.14. The second kappa shape index (κ2) is 8.10. The minimum absolute atomic E-state index is 0.0280. The van der Waals surface area contributed by atoms with Crippen LogP contribution in [0.15, 0.2) is 24.3 Å². The molecule has 0 aromatic heterocycles. The van der Waals surface area contributed by atoms with Crippen molar-refractivity contribution in [3.05, 3.63) is 29.8 Å². The molecule has 0 saturated carbocycles. The van der Waals surface area contributed by atoms with Gasteiger partial charge in [-0.05, 0) is 49.9 Å². The summed E-state index contributed by atoms with van der Waals surface area (Å²) in [7, 11) is 0. The molecular weight excluding hydrogens is 302 g/mol. The third kappa shape index (κ3) is 4.56. The number of morpholine rings is 1. The largest absolute Gasteiger partial charge is 0.375 e. The van der Waals surface area contributed by atoms with Gasteiger partial charge in [0, 0.05) is 25.3 Å². The highest BCUT2D eigenvalue weighted by molar-refractivity contribution is 5.95. The van der Waals surface area contributed by atoms with Gasteiger partial charge in [0.25, 0.3) is 0 Å². The van der Waals surface area contributed by atoms with E-state index in [9.17, 15) is 4.79 Å². The second-order valence-electron chi connectivity index (χ2n) is 7.18. The summed E-state index contributed by atoms with van der Waals surface area (Å²) in [5, 5.41) is 6.20. The van der Waals surface area contributed by atoms with E-state index in [1.165, 1.54) is 31.5 Å². The van der Waals surface area contributed by atoms with Crippen molar-refractivity contribution in [2.24, 2.45) is 5.92 Å². The molecule has 3 atom stereocenters. The summed E-state index contributed by atoms with van der Waals surface area (Å²) in [5.74, 6) is 0.768. The molecule has 0 radical (unpaired) electrons. The lowest BCUT2D eigenvalue weighted by Crippen LogP contribution is -2.53. The maximum atomic E-state index is 12.4. The molecule has 1 aromatic rings. The fourth-order valence-electron chi connectivity index (χ4n) is 3.63. The average Bonchev–Trinajstić information content (AvgIpc) is 2.57. The van der Waals surface area contributed by atoms with Crippen LogP contribution in [0.4, 0.5) is 5.69 Å². The van der Waals surface area contributed by atoms with Crippen molar-refractivity contribution in [3.8, 4) is 0 Å². The Hall–Kier alpha value is -1.43. The Labute approximate surface area is 144 Å². The number of ether oxygens (including phenoxy) is 1. The average molecular weight is 331 g/mol. The molecule has 24 heavy (non-hydrogen) atoms. The first-order chi connectivity index (χ1) is 11.6. The number of likely N-dealkylation sites (tertiary alicyclic amines) is 1. The third-order valence-electron chi connectivity index (χ3n) is 4.97. The van der Waals surface area contributed by atoms with Crippen LogP contribution in [0.5, 0.6) is 0 Å². The molecule has 1 unspecified atom stereocenters. The standard InChI is InChI=1S/C19H29N3O2/c1-14-4-3-10-22(12-14)13-16-5-7-17(8-6-16)21-19(23)18-15(2)24-11-9-20-18/h5-8,14-15,18,20H,3-4,9-13H2,1-2H3,(H,21,23)/t14?,15-,18+/m1/s1. The summed E-state index contributed by atoms with van der Waals surface area (Å²) in [4.78, 5) is 14.9. The lowest BCUT2D eigenvalue weighted by Gasteiger charge is -2.31. The molecule has 0 bridgehead atoms. The van der Waals surface area contributed by atoms with Crippen LogP contribution < -0.4 is 10.6 Å². The number of hydrogen-bond donors (Lipinski definition) is 2. The molecule has 1 aromatic carbocycles. The Morgan fingerprint density at radius 1 is 1.33 bits per heavy atom. The maximum absolute atomic E-state index is 12.4. The summed E-state index contributed by atoms with van der Waals surface area (Å²) in [6.07, 6.45) is 2.54. The lowest BCUT2D eigenvalue weighted by molar-refractivity contribution is -0.123. The first kappa shape index (κ1) is 17.4. The van der Waals surface area contributed by atoms with E-state index in [1.807, 2.05) is 19.1 Å². The Morgan fingerprint density at radius 2 is 2.12 bits per heavy atom. The first-order valence-electron chi connectivity index (χ1n) is 9.09. The van der Waals surface area contributed by atoms with Crippen LogP contribution in [-0.4, -0.2) is 49.2 Å². The topological polar surface area (TPSA) is 53.6 Å². The van der Waals surface area contributed by atoms with Crippen LogP contribution in [0.25, 0.3) is 0 Å². The minimum atomic E-state index is -0.284. The maximum Gasteiger partial charge on any atom is 0.244 e. The zero-order chi connectivity index (χ0) is 16.9. The van der Waals surface area contributed by atoms with Crippen LogP contribution in [0.3, 0.4) is 0 Å². The number of rotatable bonds is 4. The van der Waals surface area contributed by atoms with Gasteiger partial charge in [0.1, 0.15) is 6.04 Å². The van der Waals surface area contributed by atoms with E-state index >= 15 is 0 Å². The van der Waals surface area contributed by atoms with Gasteiger partial charge < -0.3 is 15.4 Å². The van der Waals surface area contributed by atoms with Gasteiger partial charge in [-0.2, -0.15) is 0 Å². The van der Waals surface area contributed by atoms with Crippen molar-refractivity contribution in [1.82, 2.24) is 10.2 Å². The van der Waals surface area contributed by atoms with Gasteiger partial charge in [0.15, 0.2) is 0 Å². The fraction of sp³-hybridized carbons (Fsp3) is 0.632. The number of anilines is 1. The van der Waals surface area contributed by atoms with E-state index in [4.69, 9.17) is 4.74 Å². The van der Waals surface area contributed by atoms with Crippen LogP contribution in [0.1, 0.15) is 32.3 Å². The smallest absolute Gasteiger partial charge is 0.244 e. The summed E-state index contributed by atoms with van der Waals surface area (Å²) in [6, 6.07) is 7.93. The first-order valence-corrected chi connectivity index (χ1v) is 9.09. The van der Waals surface area contributed by atoms with E-state index in [1.54, 1.807) is 0 Å². The molecule has 5 nitrogen and oxygen atoms in total. The predicted molar refractivity (Wildman–Crippen MR) is 96.0 cm³/mol. The van der Waals surface area contributed by atoms with E-state index in [0.29, 0.717) is 6.61 Å². The van der Waals surface area contributed by atoms with Gasteiger partial charge in [-0.3, -0.25) is 9.69 Å². The number of nitrogens with zero attached hydrogens (tertiary/aromatic N) is 1. The molecule has 5 heteroatoms. The Bertz CT molecular complexity index is 546. The number of nitrogens with one attached hydrogen (secondary N) is 2. The van der Waals surface area contributed by atoms with E-state index in [0.717, 1.165) is 24.7 Å². The summed E-state index contributed by atoms with van der Waals surface area (Å²) < 4.78 is 5.53. The van der Waals surface area contributed by atoms with Gasteiger partial charge in [-0.1, -0.05) is 19.1 Å². The molecule has 1 amide bonds. The predicted octanol–water partition coefficient (Wildman–Crippen LogP) is 2.23. The zero-order valence-electron chi connectivity index (χ0n) is 14.8. The number of benzene rings is 1. The van der Waals surface area contributed by atoms with E-state index < -0.39 is 0 Å². The Morgan fingerprint density at radius 3 is 2.83 bits per heavy atom. The highest BCUT2D eigenvalue weighted by Gasteiger charge is 2.28. The zero-order valence-corrected chi connectivity index (χ0v) is 14.8.